The van der Waals surface area contributed by atoms with E-state index in [1.807, 2.05) is 6.92 Å². The predicted octanol–water partition coefficient (Wildman–Crippen LogP) is 0.735. The Kier molecular flexibility index (Phi) is 2.22. The highest BCUT2D eigenvalue weighted by atomic mass is 16.4. The zero-order valence-corrected chi connectivity index (χ0v) is 8.16. The first-order valence-electron chi connectivity index (χ1n) is 4.61. The lowest BCUT2D eigenvalue weighted by molar-refractivity contribution is 0.304. The summed E-state index contributed by atoms with van der Waals surface area (Å²) in [4.78, 5) is 8.70. The molecule has 0 atom stereocenters. The third-order valence-corrected chi connectivity index (χ3v) is 2.38. The van der Waals surface area contributed by atoms with Crippen LogP contribution in [0.4, 0.5) is 6.01 Å². The van der Waals surface area contributed by atoms with Crippen molar-refractivity contribution in [1.82, 2.24) is 9.88 Å². The molecule has 4 heteroatoms. The monoisotopic (exact) mass is 181 g/mol. The molecule has 2 heterocycles. The minimum absolute atomic E-state index is 0.769. The summed E-state index contributed by atoms with van der Waals surface area (Å²) in [7, 11) is 2.14. The summed E-state index contributed by atoms with van der Waals surface area (Å²) in [6.07, 6.45) is 1.77. The van der Waals surface area contributed by atoms with E-state index in [9.17, 15) is 0 Å². The number of hydrogen-bond donors (Lipinski definition) is 0. The van der Waals surface area contributed by atoms with Gasteiger partial charge < -0.3 is 14.2 Å². The van der Waals surface area contributed by atoms with Gasteiger partial charge in [-0.1, -0.05) is 0 Å². The molecule has 0 N–H and O–H groups in total. The molecule has 0 unspecified atom stereocenters. The van der Waals surface area contributed by atoms with Crippen molar-refractivity contribution in [3.05, 3.63) is 12.0 Å². The molecule has 0 aromatic carbocycles. The first kappa shape index (κ1) is 8.56. The minimum atomic E-state index is 0.769. The Morgan fingerprint density at radius 2 is 2.00 bits per heavy atom. The highest BCUT2D eigenvalue weighted by Gasteiger charge is 2.17. The van der Waals surface area contributed by atoms with Crippen LogP contribution in [0.15, 0.2) is 10.6 Å². The standard InChI is InChI=1S/C9H15N3O/c1-8-7-10-9(13-8)12-5-3-11(2)4-6-12/h7H,3-6H2,1-2H3. The normalized spacial score (nSPS) is 19.4. The predicted molar refractivity (Wildman–Crippen MR) is 51.0 cm³/mol. The third kappa shape index (κ3) is 1.83. The molecule has 0 bridgehead atoms. The highest BCUT2D eigenvalue weighted by molar-refractivity contribution is 5.26. The molecule has 1 saturated heterocycles. The minimum Gasteiger partial charge on any atom is -0.429 e. The Labute approximate surface area is 78.1 Å². The molecule has 0 radical (unpaired) electrons. The van der Waals surface area contributed by atoms with Crippen LogP contribution in [0, 0.1) is 6.92 Å². The number of anilines is 1. The Bertz CT molecular complexity index is 276. The summed E-state index contributed by atoms with van der Waals surface area (Å²) >= 11 is 0. The summed E-state index contributed by atoms with van der Waals surface area (Å²) in [6.45, 7) is 6.11. The Morgan fingerprint density at radius 1 is 1.31 bits per heavy atom. The second-order valence-corrected chi connectivity index (χ2v) is 3.54. The van der Waals surface area contributed by atoms with Crippen molar-refractivity contribution in [2.45, 2.75) is 6.92 Å². The van der Waals surface area contributed by atoms with Crippen LogP contribution in [0.2, 0.25) is 0 Å². The molecule has 72 valence electrons. The van der Waals surface area contributed by atoms with Crippen molar-refractivity contribution in [2.24, 2.45) is 0 Å². The van der Waals surface area contributed by atoms with Crippen LogP contribution in [0.5, 0.6) is 0 Å². The maximum Gasteiger partial charge on any atom is 0.297 e. The van der Waals surface area contributed by atoms with Crippen LogP contribution >= 0.6 is 0 Å². The molecule has 1 aromatic rings. The van der Waals surface area contributed by atoms with Crippen molar-refractivity contribution in [3.8, 4) is 0 Å². The van der Waals surface area contributed by atoms with Gasteiger partial charge in [-0.25, -0.2) is 4.98 Å². The Morgan fingerprint density at radius 3 is 2.54 bits per heavy atom. The Hall–Kier alpha value is -1.03. The number of aromatic nitrogens is 1. The molecule has 0 amide bonds. The number of likely N-dealkylation sites (N-methyl/N-ethyl adjacent to an activating group) is 1. The van der Waals surface area contributed by atoms with E-state index in [1.165, 1.54) is 0 Å². The number of nitrogens with zero attached hydrogens (tertiary/aromatic N) is 3. The zero-order valence-electron chi connectivity index (χ0n) is 8.16. The van der Waals surface area contributed by atoms with E-state index in [4.69, 9.17) is 4.42 Å². The van der Waals surface area contributed by atoms with Gasteiger partial charge in [0.25, 0.3) is 6.01 Å². The molecule has 1 fully saturated rings. The van der Waals surface area contributed by atoms with E-state index in [-0.39, 0.29) is 0 Å². The molecule has 4 nitrogen and oxygen atoms in total. The maximum atomic E-state index is 5.45. The van der Waals surface area contributed by atoms with Crippen LogP contribution in [-0.2, 0) is 0 Å². The molecule has 0 saturated carbocycles. The summed E-state index contributed by atoms with van der Waals surface area (Å²) in [5.74, 6) is 0.883. The van der Waals surface area contributed by atoms with E-state index in [0.29, 0.717) is 0 Å². The van der Waals surface area contributed by atoms with Crippen molar-refractivity contribution < 1.29 is 4.42 Å². The molecule has 1 aliphatic heterocycles. The number of piperazine rings is 1. The molecular formula is C9H15N3O. The zero-order chi connectivity index (χ0) is 9.26. The van der Waals surface area contributed by atoms with Gasteiger partial charge in [0.2, 0.25) is 0 Å². The van der Waals surface area contributed by atoms with E-state index in [2.05, 4.69) is 21.8 Å². The molecule has 13 heavy (non-hydrogen) atoms. The van der Waals surface area contributed by atoms with E-state index in [0.717, 1.165) is 38.0 Å². The lowest BCUT2D eigenvalue weighted by Gasteiger charge is -2.31. The summed E-state index contributed by atoms with van der Waals surface area (Å²) in [5, 5.41) is 0. The van der Waals surface area contributed by atoms with E-state index in [1.54, 1.807) is 6.20 Å². The van der Waals surface area contributed by atoms with Crippen molar-refractivity contribution in [2.75, 3.05) is 38.1 Å². The highest BCUT2D eigenvalue weighted by Crippen LogP contribution is 2.14. The van der Waals surface area contributed by atoms with Gasteiger partial charge in [-0.05, 0) is 14.0 Å². The van der Waals surface area contributed by atoms with Crippen molar-refractivity contribution >= 4 is 6.01 Å². The number of aryl methyl sites for hydroxylation is 1. The summed E-state index contributed by atoms with van der Waals surface area (Å²) in [5.41, 5.74) is 0. The number of rotatable bonds is 1. The van der Waals surface area contributed by atoms with Gasteiger partial charge in [-0.3, -0.25) is 0 Å². The fourth-order valence-corrected chi connectivity index (χ4v) is 1.49. The molecule has 0 spiro atoms. The Balaban J connectivity index is 2.02. The van der Waals surface area contributed by atoms with Gasteiger partial charge in [0.05, 0.1) is 6.20 Å². The van der Waals surface area contributed by atoms with Crippen LogP contribution in [0.3, 0.4) is 0 Å². The van der Waals surface area contributed by atoms with Gasteiger partial charge in [-0.15, -0.1) is 0 Å². The molecule has 1 aliphatic rings. The molecule has 1 aromatic heterocycles. The van der Waals surface area contributed by atoms with Crippen LogP contribution in [-0.4, -0.2) is 43.1 Å². The fourth-order valence-electron chi connectivity index (χ4n) is 1.49. The second-order valence-electron chi connectivity index (χ2n) is 3.54. The summed E-state index contributed by atoms with van der Waals surface area (Å²) in [6, 6.07) is 0.769. The van der Waals surface area contributed by atoms with Crippen LogP contribution in [0.1, 0.15) is 5.76 Å². The topological polar surface area (TPSA) is 32.5 Å². The maximum absolute atomic E-state index is 5.45. The first-order valence-corrected chi connectivity index (χ1v) is 4.61. The average molecular weight is 181 g/mol. The number of oxazole rings is 1. The molecule has 0 aliphatic carbocycles. The van der Waals surface area contributed by atoms with Gasteiger partial charge in [0.15, 0.2) is 0 Å². The number of hydrogen-bond acceptors (Lipinski definition) is 4. The fraction of sp³-hybridized carbons (Fsp3) is 0.667. The molecule has 2 rings (SSSR count). The smallest absolute Gasteiger partial charge is 0.297 e. The van der Waals surface area contributed by atoms with Crippen LogP contribution in [0.25, 0.3) is 0 Å². The second kappa shape index (κ2) is 3.38. The first-order chi connectivity index (χ1) is 6.25. The van der Waals surface area contributed by atoms with Gasteiger partial charge >= 0.3 is 0 Å². The largest absolute Gasteiger partial charge is 0.429 e. The van der Waals surface area contributed by atoms with E-state index >= 15 is 0 Å². The summed E-state index contributed by atoms with van der Waals surface area (Å²) < 4.78 is 5.45. The van der Waals surface area contributed by atoms with Gasteiger partial charge in [-0.2, -0.15) is 0 Å². The lowest BCUT2D eigenvalue weighted by Crippen LogP contribution is -2.44. The molecular weight excluding hydrogens is 166 g/mol. The van der Waals surface area contributed by atoms with Crippen molar-refractivity contribution in [1.29, 1.82) is 0 Å². The van der Waals surface area contributed by atoms with Gasteiger partial charge in [0.1, 0.15) is 5.76 Å². The quantitative estimate of drug-likeness (QED) is 0.639. The van der Waals surface area contributed by atoms with Crippen LogP contribution < -0.4 is 4.90 Å². The van der Waals surface area contributed by atoms with Crippen molar-refractivity contribution in [3.63, 3.8) is 0 Å². The lowest BCUT2D eigenvalue weighted by atomic mass is 10.3. The average Bonchev–Trinajstić information content (AvgIpc) is 2.53. The third-order valence-electron chi connectivity index (χ3n) is 2.38. The van der Waals surface area contributed by atoms with Gasteiger partial charge in [0, 0.05) is 26.2 Å². The van der Waals surface area contributed by atoms with E-state index < -0.39 is 0 Å². The SMILES string of the molecule is Cc1cnc(N2CCN(C)CC2)o1.